The standard InChI is InChI=1S/C42H49ClN8O4/c1-44-26-40(43)42(48-41-9-4-3-7-33(41)29-53)47-36-14-18-38(19-15-36)51-22-20-50(21-23-51)37-16-12-35(13-17-37)45-25-39(55)8-5-6-31-10-11-32(28-52)34(24-31)27-49(2)46-30-54/h3-4,7,9-11,14-15,18-19,24,26,28-30,35,37,39,45,55H,1,8,12-13,16-17,20-23,25,27H2,2H3,(H,46,54)(H,47,48)/b40-26+. The van der Waals surface area contributed by atoms with Crippen LogP contribution < -0.4 is 21.0 Å². The van der Waals surface area contributed by atoms with Gasteiger partial charge in [-0.25, -0.2) is 10.0 Å². The van der Waals surface area contributed by atoms with E-state index >= 15 is 0 Å². The lowest BCUT2D eigenvalue weighted by Gasteiger charge is -2.42. The summed E-state index contributed by atoms with van der Waals surface area (Å²) in [5.74, 6) is 6.53. The summed E-state index contributed by atoms with van der Waals surface area (Å²) in [7, 11) is 1.72. The second-order valence-corrected chi connectivity index (χ2v) is 14.1. The SMILES string of the molecule is C=N/C=C(/Cl)C(=Nc1ccccc1C=O)Nc1ccc(N2CCN(C3CCC(NCC(O)CC#Cc4ccc(C=O)c(CN(C)NC=O)c4)CC3)CC2)cc1. The molecule has 3 aromatic rings. The number of nitrogens with zero attached hydrogens (tertiary/aromatic N) is 5. The predicted molar refractivity (Wildman–Crippen MR) is 220 cm³/mol. The van der Waals surface area contributed by atoms with Crippen LogP contribution in [0.1, 0.15) is 63.9 Å². The molecule has 1 saturated carbocycles. The van der Waals surface area contributed by atoms with E-state index in [2.05, 4.69) is 66.5 Å². The average Bonchev–Trinajstić information content (AvgIpc) is 3.21. The van der Waals surface area contributed by atoms with Gasteiger partial charge in [-0.3, -0.25) is 29.7 Å². The van der Waals surface area contributed by atoms with Crippen LogP contribution in [0.5, 0.6) is 0 Å². The summed E-state index contributed by atoms with van der Waals surface area (Å²) in [5.41, 5.74) is 7.51. The number of benzene rings is 3. The molecule has 55 heavy (non-hydrogen) atoms. The van der Waals surface area contributed by atoms with Crippen molar-refractivity contribution in [1.29, 1.82) is 0 Å². The minimum atomic E-state index is -0.579. The Morgan fingerprint density at radius 3 is 2.42 bits per heavy atom. The van der Waals surface area contributed by atoms with Crippen LogP contribution in [0.4, 0.5) is 17.1 Å². The maximum absolute atomic E-state index is 11.5. The Balaban J connectivity index is 1.04. The number of aliphatic imine (C=N–C) groups is 2. The number of rotatable bonds is 16. The van der Waals surface area contributed by atoms with Crippen molar-refractivity contribution in [3.63, 3.8) is 0 Å². The van der Waals surface area contributed by atoms with Crippen molar-refractivity contribution < 1.29 is 19.5 Å². The first-order chi connectivity index (χ1) is 26.8. The van der Waals surface area contributed by atoms with E-state index in [1.54, 1.807) is 42.4 Å². The molecule has 0 aromatic heterocycles. The fraction of sp³-hybridized carbons (Fsp3) is 0.357. The van der Waals surface area contributed by atoms with Gasteiger partial charge in [0.25, 0.3) is 0 Å². The van der Waals surface area contributed by atoms with Crippen molar-refractivity contribution in [2.45, 2.75) is 56.8 Å². The largest absolute Gasteiger partial charge is 0.391 e. The molecular formula is C42H49ClN8O4. The monoisotopic (exact) mass is 764 g/mol. The van der Waals surface area contributed by atoms with Crippen molar-refractivity contribution in [2.24, 2.45) is 9.98 Å². The molecule has 0 spiro atoms. The van der Waals surface area contributed by atoms with Crippen LogP contribution in [0.15, 0.2) is 87.9 Å². The summed E-state index contributed by atoms with van der Waals surface area (Å²) in [6.07, 6.45) is 7.72. The number of aliphatic hydroxyl groups excluding tert-OH is 1. The van der Waals surface area contributed by atoms with Crippen molar-refractivity contribution in [2.75, 3.05) is 50.0 Å². The van der Waals surface area contributed by atoms with Crippen LogP contribution in [0.25, 0.3) is 0 Å². The lowest BCUT2D eigenvalue weighted by Crippen LogP contribution is -2.52. The van der Waals surface area contributed by atoms with E-state index in [4.69, 9.17) is 11.6 Å². The minimum Gasteiger partial charge on any atom is -0.391 e. The first kappa shape index (κ1) is 41.0. The average molecular weight is 765 g/mol. The van der Waals surface area contributed by atoms with Crippen molar-refractivity contribution in [1.82, 2.24) is 20.7 Å². The number of piperazine rings is 1. The molecule has 2 fully saturated rings. The molecule has 4 N–H and O–H groups in total. The minimum absolute atomic E-state index is 0.270. The smallest absolute Gasteiger partial charge is 0.221 e. The van der Waals surface area contributed by atoms with Crippen LogP contribution >= 0.6 is 11.6 Å². The number of hydrazine groups is 1. The Kier molecular flexibility index (Phi) is 15.7. The highest BCUT2D eigenvalue weighted by Gasteiger charge is 2.28. The molecular weight excluding hydrogens is 716 g/mol. The molecule has 1 unspecified atom stereocenters. The molecule has 12 nitrogen and oxygen atoms in total. The summed E-state index contributed by atoms with van der Waals surface area (Å²) < 4.78 is 0. The molecule has 5 rings (SSSR count). The number of aliphatic hydroxyl groups is 1. The van der Waals surface area contributed by atoms with E-state index in [9.17, 15) is 19.5 Å². The molecule has 1 atom stereocenters. The van der Waals surface area contributed by atoms with Gasteiger partial charge in [0.15, 0.2) is 12.1 Å². The van der Waals surface area contributed by atoms with Crippen LogP contribution in [0.3, 0.4) is 0 Å². The Morgan fingerprint density at radius 1 is 1.00 bits per heavy atom. The van der Waals surface area contributed by atoms with E-state index < -0.39 is 6.10 Å². The molecule has 1 saturated heterocycles. The Morgan fingerprint density at radius 2 is 1.73 bits per heavy atom. The molecule has 1 aliphatic carbocycles. The van der Waals surface area contributed by atoms with Crippen molar-refractivity contribution >= 4 is 60.2 Å². The quantitative estimate of drug-likeness (QED) is 0.0513. The van der Waals surface area contributed by atoms with Crippen molar-refractivity contribution in [3.05, 3.63) is 100 Å². The Hall–Kier alpha value is -5.16. The fourth-order valence-corrected chi connectivity index (χ4v) is 7.11. The number of halogens is 1. The summed E-state index contributed by atoms with van der Waals surface area (Å²) in [6.45, 7) is 8.26. The van der Waals surface area contributed by atoms with Crippen LogP contribution in [0, 0.1) is 11.8 Å². The molecule has 288 valence electrons. The van der Waals surface area contributed by atoms with E-state index in [0.29, 0.717) is 60.7 Å². The number of hydrogen-bond donors (Lipinski definition) is 4. The maximum Gasteiger partial charge on any atom is 0.221 e. The number of amidine groups is 1. The van der Waals surface area contributed by atoms with E-state index in [1.165, 1.54) is 6.20 Å². The van der Waals surface area contributed by atoms with E-state index in [-0.39, 0.29) is 5.03 Å². The zero-order valence-electron chi connectivity index (χ0n) is 31.2. The third-order valence-electron chi connectivity index (χ3n) is 9.91. The van der Waals surface area contributed by atoms with Gasteiger partial charge >= 0.3 is 0 Å². The lowest BCUT2D eigenvalue weighted by atomic mass is 9.89. The third kappa shape index (κ3) is 12.2. The number of anilines is 2. The summed E-state index contributed by atoms with van der Waals surface area (Å²) in [6, 6.07) is 21.5. The number of carbonyl (C=O) groups is 3. The molecule has 1 amide bonds. The van der Waals surface area contributed by atoms with Crippen LogP contribution in [0.2, 0.25) is 0 Å². The normalized spacial score (nSPS) is 18.5. The number of aldehydes is 2. The zero-order chi connectivity index (χ0) is 39.0. The molecule has 0 radical (unpaired) electrons. The highest BCUT2D eigenvalue weighted by atomic mass is 35.5. The number of para-hydroxylation sites is 1. The van der Waals surface area contributed by atoms with E-state index in [0.717, 1.165) is 86.9 Å². The predicted octanol–water partition coefficient (Wildman–Crippen LogP) is 5.15. The van der Waals surface area contributed by atoms with Gasteiger partial charge in [0.05, 0.1) is 11.8 Å². The van der Waals surface area contributed by atoms with Gasteiger partial charge < -0.3 is 20.6 Å². The number of carbonyl (C=O) groups excluding carboxylic acids is 3. The van der Waals surface area contributed by atoms with Gasteiger partial charge in [-0.05, 0) is 86.5 Å². The topological polar surface area (TPSA) is 142 Å². The molecule has 13 heteroatoms. The number of nitrogens with one attached hydrogen (secondary N) is 3. The molecule has 2 aliphatic rings. The van der Waals surface area contributed by atoms with Gasteiger partial charge in [0, 0.05) is 99.1 Å². The summed E-state index contributed by atoms with van der Waals surface area (Å²) in [5, 5.41) is 19.3. The third-order valence-corrected chi connectivity index (χ3v) is 10.2. The first-order valence-electron chi connectivity index (χ1n) is 18.5. The number of amides is 1. The lowest BCUT2D eigenvalue weighted by molar-refractivity contribution is -0.113. The maximum atomic E-state index is 11.5. The van der Waals surface area contributed by atoms with Crippen LogP contribution in [-0.4, -0.2) is 105 Å². The molecule has 0 bridgehead atoms. The molecule has 1 aliphatic heterocycles. The molecule has 3 aromatic carbocycles. The van der Waals surface area contributed by atoms with Gasteiger partial charge in [0.1, 0.15) is 11.3 Å². The second kappa shape index (κ2) is 21.1. The summed E-state index contributed by atoms with van der Waals surface area (Å²) >= 11 is 6.47. The number of hydrogen-bond acceptors (Lipinski definition) is 10. The summed E-state index contributed by atoms with van der Waals surface area (Å²) in [4.78, 5) is 47.1. The van der Waals surface area contributed by atoms with Crippen LogP contribution in [-0.2, 0) is 11.3 Å². The van der Waals surface area contributed by atoms with Gasteiger partial charge in [0.2, 0.25) is 6.41 Å². The van der Waals surface area contributed by atoms with Crippen molar-refractivity contribution in [3.8, 4) is 11.8 Å². The highest BCUT2D eigenvalue weighted by Crippen LogP contribution is 2.27. The molecule has 1 heterocycles. The zero-order valence-corrected chi connectivity index (χ0v) is 31.9. The van der Waals surface area contributed by atoms with Gasteiger partial charge in [-0.15, -0.1) is 0 Å². The highest BCUT2D eigenvalue weighted by molar-refractivity contribution is 6.45. The second-order valence-electron chi connectivity index (χ2n) is 13.7. The van der Waals surface area contributed by atoms with E-state index in [1.807, 2.05) is 24.3 Å². The first-order valence-corrected chi connectivity index (χ1v) is 18.9. The Labute approximate surface area is 328 Å². The fourth-order valence-electron chi connectivity index (χ4n) is 6.95. The van der Waals surface area contributed by atoms with Gasteiger partial charge in [-0.1, -0.05) is 41.6 Å². The van der Waals surface area contributed by atoms with Gasteiger partial charge in [-0.2, -0.15) is 0 Å². The Bertz CT molecular complexity index is 1890.